The largest absolute Gasteiger partial charge is 0.481 e. The Balaban J connectivity index is 2.60. The third-order valence-electron chi connectivity index (χ3n) is 2.70. The summed E-state index contributed by atoms with van der Waals surface area (Å²) in [4.78, 5) is 29.6. The molecule has 1 heterocycles. The van der Waals surface area contributed by atoms with Crippen LogP contribution in [-0.4, -0.2) is 45.7 Å². The van der Waals surface area contributed by atoms with Gasteiger partial charge in [-0.3, -0.25) is 9.59 Å². The predicted molar refractivity (Wildman–Crippen MR) is 86.0 cm³/mol. The van der Waals surface area contributed by atoms with Crippen LogP contribution in [0.5, 0.6) is 0 Å². The van der Waals surface area contributed by atoms with Gasteiger partial charge in [0.2, 0.25) is 5.91 Å². The van der Waals surface area contributed by atoms with Crippen LogP contribution in [-0.2, 0) is 16.0 Å². The first-order chi connectivity index (χ1) is 9.83. The number of hydrogen-bond acceptors (Lipinski definition) is 5. The number of carboxylic acids is 1. The van der Waals surface area contributed by atoms with E-state index in [1.54, 1.807) is 11.8 Å². The lowest BCUT2D eigenvalue weighted by Crippen LogP contribution is -2.33. The highest BCUT2D eigenvalue weighted by molar-refractivity contribution is 8.01. The molecule has 116 valence electrons. The number of hydrogen-bond donors (Lipinski definition) is 1. The normalized spacial score (nSPS) is 10.4. The summed E-state index contributed by atoms with van der Waals surface area (Å²) in [7, 11) is 0. The SMILES string of the molecule is C=C(C)CN(CC)C(=O)CSc1nc(C)c(CC(=O)O)s1. The Morgan fingerprint density at radius 3 is 2.67 bits per heavy atom. The van der Waals surface area contributed by atoms with Gasteiger partial charge in [-0.15, -0.1) is 11.3 Å². The molecule has 0 saturated carbocycles. The number of amides is 1. The van der Waals surface area contributed by atoms with Crippen molar-refractivity contribution in [3.8, 4) is 0 Å². The van der Waals surface area contributed by atoms with E-state index in [9.17, 15) is 9.59 Å². The van der Waals surface area contributed by atoms with Crippen LogP contribution in [0.25, 0.3) is 0 Å². The molecule has 1 rings (SSSR count). The van der Waals surface area contributed by atoms with E-state index < -0.39 is 5.97 Å². The molecule has 0 saturated heterocycles. The van der Waals surface area contributed by atoms with E-state index in [1.807, 2.05) is 13.8 Å². The molecular weight excluding hydrogens is 308 g/mol. The van der Waals surface area contributed by atoms with Crippen molar-refractivity contribution in [3.63, 3.8) is 0 Å². The van der Waals surface area contributed by atoms with E-state index in [1.165, 1.54) is 23.1 Å². The first kappa shape index (κ1) is 17.7. The van der Waals surface area contributed by atoms with Crippen LogP contribution in [0.4, 0.5) is 0 Å². The second-order valence-corrected chi connectivity index (χ2v) is 7.02. The van der Waals surface area contributed by atoms with Gasteiger partial charge >= 0.3 is 5.97 Å². The van der Waals surface area contributed by atoms with E-state index in [0.717, 1.165) is 20.5 Å². The van der Waals surface area contributed by atoms with Gasteiger partial charge in [0.05, 0.1) is 17.9 Å². The molecule has 0 fully saturated rings. The summed E-state index contributed by atoms with van der Waals surface area (Å²) < 4.78 is 0.739. The quantitative estimate of drug-likeness (QED) is 0.587. The maximum absolute atomic E-state index is 12.1. The second-order valence-electron chi connectivity index (χ2n) is 4.71. The lowest BCUT2D eigenvalue weighted by atomic mass is 10.3. The van der Waals surface area contributed by atoms with Crippen molar-refractivity contribution in [2.75, 3.05) is 18.8 Å². The molecule has 1 aromatic heterocycles. The Labute approximate surface area is 133 Å². The smallest absolute Gasteiger partial charge is 0.308 e. The van der Waals surface area contributed by atoms with Gasteiger partial charge in [-0.2, -0.15) is 0 Å². The average Bonchev–Trinajstić information content (AvgIpc) is 2.72. The van der Waals surface area contributed by atoms with Crippen molar-refractivity contribution in [1.82, 2.24) is 9.88 Å². The van der Waals surface area contributed by atoms with E-state index in [0.29, 0.717) is 18.8 Å². The monoisotopic (exact) mass is 328 g/mol. The number of carboxylic acid groups (broad SMARTS) is 1. The predicted octanol–water partition coefficient (Wildman–Crippen LogP) is 2.60. The Morgan fingerprint density at radius 1 is 1.48 bits per heavy atom. The van der Waals surface area contributed by atoms with E-state index in [-0.39, 0.29) is 12.3 Å². The third kappa shape index (κ3) is 5.89. The van der Waals surface area contributed by atoms with Crippen LogP contribution < -0.4 is 0 Å². The van der Waals surface area contributed by atoms with Gasteiger partial charge in [-0.05, 0) is 20.8 Å². The summed E-state index contributed by atoms with van der Waals surface area (Å²) in [6, 6.07) is 0. The molecule has 0 aromatic carbocycles. The molecule has 0 aliphatic carbocycles. The number of thiazole rings is 1. The third-order valence-corrected chi connectivity index (χ3v) is 4.98. The van der Waals surface area contributed by atoms with Crippen molar-refractivity contribution in [1.29, 1.82) is 0 Å². The zero-order chi connectivity index (χ0) is 16.0. The standard InChI is InChI=1S/C14H20N2O3S2/c1-5-16(7-9(2)3)12(17)8-20-14-15-10(4)11(21-14)6-13(18)19/h2,5-8H2,1,3-4H3,(H,18,19). The Hall–Kier alpha value is -1.34. The van der Waals surface area contributed by atoms with Gasteiger partial charge in [0.25, 0.3) is 0 Å². The minimum absolute atomic E-state index is 0.0191. The minimum atomic E-state index is -0.868. The minimum Gasteiger partial charge on any atom is -0.481 e. The van der Waals surface area contributed by atoms with Crippen LogP contribution in [0.3, 0.4) is 0 Å². The van der Waals surface area contributed by atoms with Crippen molar-refractivity contribution in [2.24, 2.45) is 0 Å². The molecule has 0 unspecified atom stereocenters. The second kappa shape index (κ2) is 8.19. The molecule has 0 atom stereocenters. The molecule has 7 heteroatoms. The summed E-state index contributed by atoms with van der Waals surface area (Å²) in [6.45, 7) is 10.7. The molecule has 21 heavy (non-hydrogen) atoms. The van der Waals surface area contributed by atoms with Crippen LogP contribution in [0, 0.1) is 6.92 Å². The number of nitrogens with zero attached hydrogens (tertiary/aromatic N) is 2. The molecule has 1 amide bonds. The maximum atomic E-state index is 12.1. The van der Waals surface area contributed by atoms with E-state index in [4.69, 9.17) is 5.11 Å². The number of thioether (sulfide) groups is 1. The van der Waals surface area contributed by atoms with Gasteiger partial charge in [-0.1, -0.05) is 23.9 Å². The number of aryl methyl sites for hydroxylation is 1. The molecule has 0 radical (unpaired) electrons. The average molecular weight is 328 g/mol. The molecule has 0 bridgehead atoms. The summed E-state index contributed by atoms with van der Waals surface area (Å²) >= 11 is 2.70. The lowest BCUT2D eigenvalue weighted by molar-refractivity contribution is -0.136. The van der Waals surface area contributed by atoms with Gasteiger partial charge in [-0.25, -0.2) is 4.98 Å². The van der Waals surface area contributed by atoms with Gasteiger partial charge < -0.3 is 10.0 Å². The number of rotatable bonds is 8. The fourth-order valence-corrected chi connectivity index (χ4v) is 3.81. The zero-order valence-electron chi connectivity index (χ0n) is 12.5. The van der Waals surface area contributed by atoms with Gasteiger partial charge in [0.15, 0.2) is 4.34 Å². The molecular formula is C14H20N2O3S2. The summed E-state index contributed by atoms with van der Waals surface area (Å²) in [6.07, 6.45) is -0.0191. The fourth-order valence-electron chi connectivity index (χ4n) is 1.68. The number of aliphatic carboxylic acids is 1. The van der Waals surface area contributed by atoms with Crippen LogP contribution in [0.15, 0.2) is 16.5 Å². The fraction of sp³-hybridized carbons (Fsp3) is 0.500. The molecule has 0 aliphatic rings. The Bertz CT molecular complexity index is 540. The molecule has 1 aromatic rings. The van der Waals surface area contributed by atoms with Crippen LogP contribution >= 0.6 is 23.1 Å². The molecule has 1 N–H and O–H groups in total. The number of aromatic nitrogens is 1. The lowest BCUT2D eigenvalue weighted by Gasteiger charge is -2.20. The summed E-state index contributed by atoms with van der Waals surface area (Å²) in [5.74, 6) is -0.522. The van der Waals surface area contributed by atoms with E-state index in [2.05, 4.69) is 11.6 Å². The van der Waals surface area contributed by atoms with Crippen LogP contribution in [0.2, 0.25) is 0 Å². The highest BCUT2D eigenvalue weighted by Crippen LogP contribution is 2.27. The molecule has 5 nitrogen and oxygen atoms in total. The highest BCUT2D eigenvalue weighted by atomic mass is 32.2. The first-order valence-electron chi connectivity index (χ1n) is 6.56. The number of likely N-dealkylation sites (N-methyl/N-ethyl adjacent to an activating group) is 1. The maximum Gasteiger partial charge on any atom is 0.308 e. The Kier molecular flexibility index (Phi) is 6.91. The van der Waals surface area contributed by atoms with Crippen molar-refractivity contribution >= 4 is 35.0 Å². The first-order valence-corrected chi connectivity index (χ1v) is 8.36. The highest BCUT2D eigenvalue weighted by Gasteiger charge is 2.15. The van der Waals surface area contributed by atoms with Gasteiger partial charge in [0, 0.05) is 18.0 Å². The Morgan fingerprint density at radius 2 is 2.14 bits per heavy atom. The summed E-state index contributed by atoms with van der Waals surface area (Å²) in [5, 5.41) is 8.81. The molecule has 0 aliphatic heterocycles. The molecule has 0 spiro atoms. The number of carbonyl (C=O) groups excluding carboxylic acids is 1. The van der Waals surface area contributed by atoms with Gasteiger partial charge in [0.1, 0.15) is 0 Å². The summed E-state index contributed by atoms with van der Waals surface area (Å²) in [5.41, 5.74) is 1.68. The zero-order valence-corrected chi connectivity index (χ0v) is 14.1. The van der Waals surface area contributed by atoms with Crippen molar-refractivity contribution < 1.29 is 14.7 Å². The van der Waals surface area contributed by atoms with E-state index >= 15 is 0 Å². The van der Waals surface area contributed by atoms with Crippen molar-refractivity contribution in [2.45, 2.75) is 31.5 Å². The number of carbonyl (C=O) groups is 2. The topological polar surface area (TPSA) is 70.5 Å². The van der Waals surface area contributed by atoms with Crippen molar-refractivity contribution in [3.05, 3.63) is 22.7 Å². The van der Waals surface area contributed by atoms with Crippen LogP contribution in [0.1, 0.15) is 24.4 Å².